The van der Waals surface area contributed by atoms with Gasteiger partial charge in [-0.2, -0.15) is 0 Å². The van der Waals surface area contributed by atoms with Crippen LogP contribution in [0.4, 0.5) is 5.69 Å². The van der Waals surface area contributed by atoms with E-state index in [4.69, 9.17) is 9.47 Å². The number of carbonyl (C=O) groups excluding carboxylic acids is 1. The average Bonchev–Trinajstić information content (AvgIpc) is 3.43. The van der Waals surface area contributed by atoms with Crippen molar-refractivity contribution in [3.63, 3.8) is 0 Å². The molecule has 6 nitrogen and oxygen atoms in total. The van der Waals surface area contributed by atoms with Crippen LogP contribution in [0, 0.1) is 10.1 Å². The molecule has 1 unspecified atom stereocenters. The number of ketones is 1. The largest absolute Gasteiger partial charge is 0.491 e. The molecule has 1 atom stereocenters. The number of hydrogen-bond donors (Lipinski definition) is 0. The first-order valence-corrected chi connectivity index (χ1v) is 8.44. The number of carbonyl (C=O) groups is 1. The minimum atomic E-state index is -0.558. The Bertz CT molecular complexity index is 832. The SMILES string of the molecule is CC(C)(C)c1ccc(C(=O)c2ccc(OCC3CO3)cc2[N+](=O)[O-])cc1. The van der Waals surface area contributed by atoms with Gasteiger partial charge in [-0.15, -0.1) is 0 Å². The van der Waals surface area contributed by atoms with Crippen LogP contribution in [0.1, 0.15) is 42.3 Å². The third kappa shape index (κ3) is 4.08. The van der Waals surface area contributed by atoms with E-state index in [2.05, 4.69) is 20.8 Å². The first kappa shape index (κ1) is 18.1. The van der Waals surface area contributed by atoms with Gasteiger partial charge in [0, 0.05) is 5.56 Å². The van der Waals surface area contributed by atoms with E-state index in [0.717, 1.165) is 5.56 Å². The number of nitro benzene ring substituents is 1. The minimum absolute atomic E-state index is 0.0299. The van der Waals surface area contributed by atoms with E-state index in [-0.39, 0.29) is 28.6 Å². The second kappa shape index (κ2) is 6.88. The van der Waals surface area contributed by atoms with Gasteiger partial charge in [-0.25, -0.2) is 0 Å². The molecule has 6 heteroatoms. The standard InChI is InChI=1S/C20H21NO5/c1-20(2,3)14-6-4-13(5-7-14)19(22)17-9-8-15(10-18(17)21(23)24)25-11-16-12-26-16/h4-10,16H,11-12H2,1-3H3. The summed E-state index contributed by atoms with van der Waals surface area (Å²) in [6, 6.07) is 11.5. The van der Waals surface area contributed by atoms with Crippen molar-refractivity contribution in [2.24, 2.45) is 0 Å². The van der Waals surface area contributed by atoms with E-state index >= 15 is 0 Å². The zero-order valence-corrected chi connectivity index (χ0v) is 15.0. The van der Waals surface area contributed by atoms with Crippen LogP contribution in [0.15, 0.2) is 42.5 Å². The Labute approximate surface area is 151 Å². The Kier molecular flexibility index (Phi) is 4.78. The molecule has 1 saturated heterocycles. The molecular formula is C20H21NO5. The average molecular weight is 355 g/mol. The van der Waals surface area contributed by atoms with Crippen molar-refractivity contribution in [2.75, 3.05) is 13.2 Å². The smallest absolute Gasteiger partial charge is 0.284 e. The summed E-state index contributed by atoms with van der Waals surface area (Å²) < 4.78 is 10.5. The van der Waals surface area contributed by atoms with E-state index in [1.165, 1.54) is 12.1 Å². The summed E-state index contributed by atoms with van der Waals surface area (Å²) in [5.74, 6) is -0.0268. The minimum Gasteiger partial charge on any atom is -0.491 e. The molecule has 0 aromatic heterocycles. The van der Waals surface area contributed by atoms with Gasteiger partial charge in [0.1, 0.15) is 24.0 Å². The van der Waals surface area contributed by atoms with Gasteiger partial charge in [-0.05, 0) is 23.1 Å². The maximum atomic E-state index is 12.8. The number of epoxide rings is 1. The van der Waals surface area contributed by atoms with Gasteiger partial charge in [-0.3, -0.25) is 14.9 Å². The first-order valence-electron chi connectivity index (χ1n) is 8.44. The summed E-state index contributed by atoms with van der Waals surface area (Å²) >= 11 is 0. The summed E-state index contributed by atoms with van der Waals surface area (Å²) in [5, 5.41) is 11.4. The van der Waals surface area contributed by atoms with Crippen molar-refractivity contribution in [1.29, 1.82) is 0 Å². The second-order valence-electron chi connectivity index (χ2n) is 7.36. The fraction of sp³-hybridized carbons (Fsp3) is 0.350. The third-order valence-electron chi connectivity index (χ3n) is 4.26. The van der Waals surface area contributed by atoms with E-state index in [1.54, 1.807) is 18.2 Å². The van der Waals surface area contributed by atoms with Gasteiger partial charge < -0.3 is 9.47 Å². The first-order chi connectivity index (χ1) is 12.3. The fourth-order valence-corrected chi connectivity index (χ4v) is 2.57. The molecule has 2 aromatic rings. The van der Waals surface area contributed by atoms with Crippen LogP contribution in [0.3, 0.4) is 0 Å². The predicted molar refractivity (Wildman–Crippen MR) is 96.9 cm³/mol. The van der Waals surface area contributed by atoms with Gasteiger partial charge >= 0.3 is 0 Å². The number of nitrogens with zero attached hydrogens (tertiary/aromatic N) is 1. The summed E-state index contributed by atoms with van der Waals surface area (Å²) in [7, 11) is 0. The van der Waals surface area contributed by atoms with Gasteiger partial charge in [0.15, 0.2) is 5.78 Å². The van der Waals surface area contributed by atoms with Crippen molar-refractivity contribution in [3.8, 4) is 5.75 Å². The topological polar surface area (TPSA) is 82.0 Å². The lowest BCUT2D eigenvalue weighted by Crippen LogP contribution is -2.12. The van der Waals surface area contributed by atoms with Crippen LogP contribution in [-0.2, 0) is 10.2 Å². The molecule has 3 rings (SSSR count). The molecule has 1 heterocycles. The van der Waals surface area contributed by atoms with Crippen LogP contribution < -0.4 is 4.74 Å². The molecule has 136 valence electrons. The molecule has 0 saturated carbocycles. The second-order valence-corrected chi connectivity index (χ2v) is 7.36. The Hall–Kier alpha value is -2.73. The highest BCUT2D eigenvalue weighted by Gasteiger charge is 2.25. The normalized spacial score (nSPS) is 16.2. The molecule has 26 heavy (non-hydrogen) atoms. The Balaban J connectivity index is 1.86. The van der Waals surface area contributed by atoms with Crippen LogP contribution in [0.5, 0.6) is 5.75 Å². The molecule has 0 amide bonds. The summed E-state index contributed by atoms with van der Waals surface area (Å²) in [4.78, 5) is 23.6. The van der Waals surface area contributed by atoms with Crippen LogP contribution in [0.25, 0.3) is 0 Å². The maximum Gasteiger partial charge on any atom is 0.284 e. The Morgan fingerprint density at radius 2 is 1.88 bits per heavy atom. The predicted octanol–water partition coefficient (Wildman–Crippen LogP) is 3.90. The van der Waals surface area contributed by atoms with Crippen LogP contribution in [-0.4, -0.2) is 30.0 Å². The van der Waals surface area contributed by atoms with Crippen molar-refractivity contribution in [3.05, 3.63) is 69.3 Å². The fourth-order valence-electron chi connectivity index (χ4n) is 2.57. The highest BCUT2D eigenvalue weighted by atomic mass is 16.6. The number of benzene rings is 2. The zero-order chi connectivity index (χ0) is 18.9. The van der Waals surface area contributed by atoms with E-state index < -0.39 is 4.92 Å². The Morgan fingerprint density at radius 3 is 2.42 bits per heavy atom. The van der Waals surface area contributed by atoms with Crippen LogP contribution in [0.2, 0.25) is 0 Å². The highest BCUT2D eigenvalue weighted by Crippen LogP contribution is 2.28. The number of rotatable bonds is 6. The summed E-state index contributed by atoms with van der Waals surface area (Å²) in [6.45, 7) is 7.24. The molecule has 0 N–H and O–H groups in total. The van der Waals surface area contributed by atoms with Crippen molar-refractivity contribution in [1.82, 2.24) is 0 Å². The molecule has 1 fully saturated rings. The lowest BCUT2D eigenvalue weighted by Gasteiger charge is -2.19. The maximum absolute atomic E-state index is 12.8. The molecule has 0 bridgehead atoms. The van der Waals surface area contributed by atoms with Crippen molar-refractivity contribution >= 4 is 11.5 Å². The number of hydrogen-bond acceptors (Lipinski definition) is 5. The molecule has 0 radical (unpaired) electrons. The lowest BCUT2D eigenvalue weighted by molar-refractivity contribution is -0.385. The lowest BCUT2D eigenvalue weighted by atomic mass is 9.86. The van der Waals surface area contributed by atoms with Gasteiger partial charge in [0.2, 0.25) is 0 Å². The summed E-state index contributed by atoms with van der Waals surface area (Å²) in [5.41, 5.74) is 1.27. The van der Waals surface area contributed by atoms with E-state index in [0.29, 0.717) is 24.5 Å². The van der Waals surface area contributed by atoms with Crippen molar-refractivity contribution in [2.45, 2.75) is 32.3 Å². The molecule has 0 aliphatic carbocycles. The quantitative estimate of drug-likeness (QED) is 0.340. The monoisotopic (exact) mass is 355 g/mol. The van der Waals surface area contributed by atoms with Gasteiger partial charge in [0.25, 0.3) is 5.69 Å². The van der Waals surface area contributed by atoms with E-state index in [9.17, 15) is 14.9 Å². The molecular weight excluding hydrogens is 334 g/mol. The molecule has 2 aromatic carbocycles. The number of nitro groups is 1. The van der Waals surface area contributed by atoms with Crippen LogP contribution >= 0.6 is 0 Å². The Morgan fingerprint density at radius 1 is 1.23 bits per heavy atom. The molecule has 1 aliphatic rings. The zero-order valence-electron chi connectivity index (χ0n) is 15.0. The van der Waals surface area contributed by atoms with E-state index in [1.807, 2.05) is 12.1 Å². The van der Waals surface area contributed by atoms with Gasteiger partial charge in [0.05, 0.1) is 17.6 Å². The third-order valence-corrected chi connectivity index (χ3v) is 4.26. The molecule has 1 aliphatic heterocycles. The highest BCUT2D eigenvalue weighted by molar-refractivity contribution is 6.11. The number of ether oxygens (including phenoxy) is 2. The van der Waals surface area contributed by atoms with Gasteiger partial charge in [-0.1, -0.05) is 45.0 Å². The van der Waals surface area contributed by atoms with Crippen molar-refractivity contribution < 1.29 is 19.2 Å². The molecule has 0 spiro atoms. The summed E-state index contributed by atoms with van der Waals surface area (Å²) in [6.07, 6.45) is 0.0525.